The van der Waals surface area contributed by atoms with E-state index in [4.69, 9.17) is 14.2 Å². The van der Waals surface area contributed by atoms with Gasteiger partial charge in [-0.2, -0.15) is 0 Å². The first kappa shape index (κ1) is 16.9. The summed E-state index contributed by atoms with van der Waals surface area (Å²) >= 11 is 0. The first-order valence-electron chi connectivity index (χ1n) is 7.60. The summed E-state index contributed by atoms with van der Waals surface area (Å²) in [6.07, 6.45) is 1.52. The van der Waals surface area contributed by atoms with Crippen molar-refractivity contribution in [2.24, 2.45) is 0 Å². The molecule has 0 N–H and O–H groups in total. The molecule has 0 fully saturated rings. The Morgan fingerprint density at radius 3 is 2.39 bits per heavy atom. The summed E-state index contributed by atoms with van der Waals surface area (Å²) in [6, 6.07) is 11.2. The van der Waals surface area contributed by atoms with E-state index in [-0.39, 0.29) is 0 Å². The van der Waals surface area contributed by atoms with Crippen molar-refractivity contribution in [1.29, 1.82) is 0 Å². The zero-order valence-corrected chi connectivity index (χ0v) is 13.8. The van der Waals surface area contributed by atoms with Crippen molar-refractivity contribution in [2.45, 2.75) is 20.3 Å². The maximum atomic E-state index is 10.8. The zero-order valence-electron chi connectivity index (χ0n) is 13.8. The zero-order chi connectivity index (χ0) is 16.7. The van der Waals surface area contributed by atoms with Crippen molar-refractivity contribution in [2.75, 3.05) is 20.3 Å². The molecule has 0 heterocycles. The Balaban J connectivity index is 1.81. The molecular weight excluding hydrogens is 292 g/mol. The third-order valence-corrected chi connectivity index (χ3v) is 3.62. The number of hydrogen-bond donors (Lipinski definition) is 0. The molecule has 0 radical (unpaired) electrons. The van der Waals surface area contributed by atoms with Gasteiger partial charge in [-0.1, -0.05) is 6.07 Å². The Morgan fingerprint density at radius 1 is 0.913 bits per heavy atom. The molecule has 0 aromatic heterocycles. The first-order chi connectivity index (χ1) is 11.1. The Hall–Kier alpha value is -2.49. The lowest BCUT2D eigenvalue weighted by Gasteiger charge is -2.12. The Labute approximate surface area is 137 Å². The van der Waals surface area contributed by atoms with Crippen LogP contribution in [0.2, 0.25) is 0 Å². The molecule has 0 saturated heterocycles. The van der Waals surface area contributed by atoms with E-state index in [1.54, 1.807) is 25.3 Å². The molecule has 122 valence electrons. The topological polar surface area (TPSA) is 44.8 Å². The quantitative estimate of drug-likeness (QED) is 0.546. The number of carbonyl (C=O) groups excluding carboxylic acids is 1. The fourth-order valence-corrected chi connectivity index (χ4v) is 2.11. The number of hydrogen-bond acceptors (Lipinski definition) is 4. The first-order valence-corrected chi connectivity index (χ1v) is 7.60. The lowest BCUT2D eigenvalue weighted by atomic mass is 10.1. The highest BCUT2D eigenvalue weighted by Gasteiger charge is 2.05. The van der Waals surface area contributed by atoms with Gasteiger partial charge in [-0.05, 0) is 55.3 Å². The maximum Gasteiger partial charge on any atom is 0.161 e. The van der Waals surface area contributed by atoms with Gasteiger partial charge in [0.1, 0.15) is 12.0 Å². The van der Waals surface area contributed by atoms with Crippen LogP contribution in [0.5, 0.6) is 17.2 Å². The summed E-state index contributed by atoms with van der Waals surface area (Å²) in [6.45, 7) is 5.20. The molecule has 0 spiro atoms. The van der Waals surface area contributed by atoms with E-state index in [1.807, 2.05) is 12.1 Å². The smallest absolute Gasteiger partial charge is 0.161 e. The second-order valence-corrected chi connectivity index (χ2v) is 5.32. The molecule has 0 aliphatic rings. The number of rotatable bonds is 8. The molecule has 0 bridgehead atoms. The van der Waals surface area contributed by atoms with Crippen molar-refractivity contribution in [3.05, 3.63) is 53.1 Å². The van der Waals surface area contributed by atoms with Crippen LogP contribution in [0.4, 0.5) is 0 Å². The van der Waals surface area contributed by atoms with Gasteiger partial charge in [0.15, 0.2) is 11.5 Å². The van der Waals surface area contributed by atoms with Gasteiger partial charge in [-0.25, -0.2) is 0 Å². The van der Waals surface area contributed by atoms with Gasteiger partial charge in [0.25, 0.3) is 0 Å². The highest BCUT2D eigenvalue weighted by atomic mass is 16.5. The van der Waals surface area contributed by atoms with Crippen molar-refractivity contribution in [3.63, 3.8) is 0 Å². The van der Waals surface area contributed by atoms with Crippen molar-refractivity contribution >= 4 is 6.29 Å². The van der Waals surface area contributed by atoms with Crippen molar-refractivity contribution in [3.8, 4) is 17.2 Å². The largest absolute Gasteiger partial charge is 0.493 e. The van der Waals surface area contributed by atoms with E-state index in [0.717, 1.165) is 18.5 Å². The summed E-state index contributed by atoms with van der Waals surface area (Å²) in [7, 11) is 1.58. The van der Waals surface area contributed by atoms with Gasteiger partial charge in [-0.3, -0.25) is 4.79 Å². The molecule has 0 atom stereocenters. The summed E-state index contributed by atoms with van der Waals surface area (Å²) in [4.78, 5) is 10.8. The predicted octanol–water partition coefficient (Wildman–Crippen LogP) is 3.97. The van der Waals surface area contributed by atoms with Gasteiger partial charge in [0.2, 0.25) is 0 Å². The van der Waals surface area contributed by atoms with Gasteiger partial charge < -0.3 is 14.2 Å². The third kappa shape index (κ3) is 4.74. The van der Waals surface area contributed by atoms with Crippen LogP contribution in [0.15, 0.2) is 36.4 Å². The second kappa shape index (κ2) is 8.22. The van der Waals surface area contributed by atoms with E-state index >= 15 is 0 Å². The number of ether oxygens (including phenoxy) is 3. The molecule has 2 aromatic rings. The molecule has 2 aromatic carbocycles. The molecular formula is C19H22O4. The minimum absolute atomic E-state index is 0.490. The van der Waals surface area contributed by atoms with Crippen LogP contribution >= 0.6 is 0 Å². The SMILES string of the molecule is COc1ccc(C=O)cc1OCCCOc1ccc(C)c(C)c1. The summed E-state index contributed by atoms with van der Waals surface area (Å²) in [5, 5.41) is 0. The lowest BCUT2D eigenvalue weighted by molar-refractivity contribution is 0.112. The van der Waals surface area contributed by atoms with Gasteiger partial charge in [0, 0.05) is 12.0 Å². The van der Waals surface area contributed by atoms with E-state index in [1.165, 1.54) is 11.1 Å². The summed E-state index contributed by atoms with van der Waals surface area (Å²) in [5.41, 5.74) is 3.03. The molecule has 0 unspecified atom stereocenters. The minimum Gasteiger partial charge on any atom is -0.493 e. The molecule has 0 aliphatic carbocycles. The van der Waals surface area contributed by atoms with Crippen LogP contribution in [0.25, 0.3) is 0 Å². The monoisotopic (exact) mass is 314 g/mol. The molecule has 0 saturated carbocycles. The van der Waals surface area contributed by atoms with Crippen LogP contribution in [0.1, 0.15) is 27.9 Å². The molecule has 0 aliphatic heterocycles. The fraction of sp³-hybridized carbons (Fsp3) is 0.316. The normalized spacial score (nSPS) is 10.2. The highest BCUT2D eigenvalue weighted by Crippen LogP contribution is 2.27. The van der Waals surface area contributed by atoms with Crippen LogP contribution in [-0.2, 0) is 0 Å². The molecule has 4 nitrogen and oxygen atoms in total. The average molecular weight is 314 g/mol. The summed E-state index contributed by atoms with van der Waals surface area (Å²) < 4.78 is 16.6. The van der Waals surface area contributed by atoms with Crippen LogP contribution in [0.3, 0.4) is 0 Å². The van der Waals surface area contributed by atoms with Gasteiger partial charge in [-0.15, -0.1) is 0 Å². The molecule has 23 heavy (non-hydrogen) atoms. The number of aryl methyl sites for hydroxylation is 2. The number of aldehydes is 1. The Morgan fingerprint density at radius 2 is 1.70 bits per heavy atom. The predicted molar refractivity (Wildman–Crippen MR) is 89.9 cm³/mol. The Kier molecular flexibility index (Phi) is 6.03. The number of methoxy groups -OCH3 is 1. The van der Waals surface area contributed by atoms with Gasteiger partial charge in [0.05, 0.1) is 20.3 Å². The van der Waals surface area contributed by atoms with E-state index in [2.05, 4.69) is 19.9 Å². The minimum atomic E-state index is 0.490. The van der Waals surface area contributed by atoms with E-state index in [0.29, 0.717) is 30.3 Å². The van der Waals surface area contributed by atoms with Crippen LogP contribution < -0.4 is 14.2 Å². The van der Waals surface area contributed by atoms with E-state index < -0.39 is 0 Å². The van der Waals surface area contributed by atoms with E-state index in [9.17, 15) is 4.79 Å². The van der Waals surface area contributed by atoms with Crippen molar-refractivity contribution < 1.29 is 19.0 Å². The average Bonchev–Trinajstić information content (AvgIpc) is 2.57. The maximum absolute atomic E-state index is 10.8. The third-order valence-electron chi connectivity index (χ3n) is 3.62. The summed E-state index contributed by atoms with van der Waals surface area (Å²) in [5.74, 6) is 2.06. The lowest BCUT2D eigenvalue weighted by Crippen LogP contribution is -2.06. The standard InChI is InChI=1S/C19H22O4/c1-14-5-7-17(11-15(14)2)22-9-4-10-23-19-12-16(13-20)6-8-18(19)21-3/h5-8,11-13H,4,9-10H2,1-3H3. The van der Waals surface area contributed by atoms with Crippen molar-refractivity contribution in [1.82, 2.24) is 0 Å². The molecule has 4 heteroatoms. The highest BCUT2D eigenvalue weighted by molar-refractivity contribution is 5.76. The Bertz CT molecular complexity index is 664. The van der Waals surface area contributed by atoms with Crippen LogP contribution in [-0.4, -0.2) is 26.6 Å². The number of carbonyl (C=O) groups is 1. The fourth-order valence-electron chi connectivity index (χ4n) is 2.11. The number of benzene rings is 2. The van der Waals surface area contributed by atoms with Gasteiger partial charge >= 0.3 is 0 Å². The molecule has 2 rings (SSSR count). The second-order valence-electron chi connectivity index (χ2n) is 5.32. The molecule has 0 amide bonds. The van der Waals surface area contributed by atoms with Crippen LogP contribution in [0, 0.1) is 13.8 Å².